The molecule has 426 valence electrons. The number of urea groups is 3. The molecule has 8 N–H and O–H groups in total. The molecule has 0 fully saturated rings. The molecule has 0 bridgehead atoms. The second-order valence-electron chi connectivity index (χ2n) is 24.0. The first-order valence-electron chi connectivity index (χ1n) is 27.0. The van der Waals surface area contributed by atoms with Crippen LogP contribution in [-0.2, 0) is 23.1 Å². The maximum absolute atomic E-state index is 12.8. The number of hydrogen-bond donors (Lipinski definition) is 8. The Morgan fingerprint density at radius 1 is 0.770 bits per heavy atom. The highest BCUT2D eigenvalue weighted by Crippen LogP contribution is 2.37. The van der Waals surface area contributed by atoms with Gasteiger partial charge in [0.2, 0.25) is 14.3 Å². The van der Waals surface area contributed by atoms with Crippen molar-refractivity contribution >= 4 is 60.8 Å². The summed E-state index contributed by atoms with van der Waals surface area (Å²) in [5.41, 5.74) is -0.0639. The number of nitrogens with zero attached hydrogens (tertiary/aromatic N) is 1. The van der Waals surface area contributed by atoms with Gasteiger partial charge in [-0.3, -0.25) is 10.1 Å². The molecule has 0 saturated carbocycles. The number of carbonyl (C=O) groups excluding carboxylic acids is 5. The summed E-state index contributed by atoms with van der Waals surface area (Å²) in [6.45, 7) is 41.5. The van der Waals surface area contributed by atoms with E-state index in [1.807, 2.05) is 0 Å². The summed E-state index contributed by atoms with van der Waals surface area (Å²) in [7, 11) is -6.19. The number of amides is 7. The molecule has 0 aliphatic rings. The van der Waals surface area contributed by atoms with Gasteiger partial charge < -0.3 is 55.2 Å². The van der Waals surface area contributed by atoms with E-state index in [4.69, 9.17) is 18.3 Å². The molecule has 4 atom stereocenters. The van der Waals surface area contributed by atoms with Gasteiger partial charge in [-0.05, 0) is 126 Å². The van der Waals surface area contributed by atoms with Gasteiger partial charge in [-0.15, -0.1) is 0 Å². The average molecular weight is 1100 g/mol. The van der Waals surface area contributed by atoms with Crippen molar-refractivity contribution in [1.29, 1.82) is 0 Å². The van der Waals surface area contributed by atoms with E-state index in [0.717, 1.165) is 75.6 Å². The minimum Gasteiger partial charge on any atom is -0.459 e. The fourth-order valence-corrected chi connectivity index (χ4v) is 19.0. The summed E-state index contributed by atoms with van der Waals surface area (Å²) < 4.78 is 24.2. The smallest absolute Gasteiger partial charge is 0.407 e. The predicted octanol–water partition coefficient (Wildman–Crippen LogP) is 9.56. The van der Waals surface area contributed by atoms with E-state index in [-0.39, 0.29) is 59.3 Å². The Labute approximate surface area is 447 Å². The molecule has 0 aromatic carbocycles. The van der Waals surface area contributed by atoms with Gasteiger partial charge in [-0.25, -0.2) is 24.0 Å². The van der Waals surface area contributed by atoms with E-state index in [1.54, 1.807) is 6.92 Å². The molecule has 7 amide bonds. The van der Waals surface area contributed by atoms with E-state index < -0.39 is 48.4 Å². The van der Waals surface area contributed by atoms with Gasteiger partial charge in [-0.1, -0.05) is 81.1 Å². The first kappa shape index (κ1) is 67.8. The van der Waals surface area contributed by atoms with Crippen molar-refractivity contribution in [2.75, 3.05) is 57.8 Å². The maximum atomic E-state index is 12.8. The van der Waals surface area contributed by atoms with Crippen LogP contribution in [0.25, 0.3) is 0 Å². The van der Waals surface area contributed by atoms with Crippen LogP contribution < -0.4 is 42.8 Å². The standard InChI is InChI=1S/C52H101N9O10Si3/c1-18-42(37-72(12,13)31-21-25-53-46(64)55-27-23-39(4)34-51(9,10)38-58-49(67)69-30-29-68-44(63)19-2)70-74(16,17)52(11,20-3)71-73(14,15)32-22-26-54-47(65)56-28-24-50(7,8)35-40(5)36-57-48(66)61-45-59-41(6)33-43(62)60-45/h19,33,39-40,42H,2,18,20-32,34-38H2,1,3-17H3,(H,58,67)(H2,53,55,64)(H2,54,56,65)(H3,57,59,60,61,62,66). The first-order valence-corrected chi connectivity index (χ1v) is 36.4. The number of alkyl carbamates (subject to hydrolysis) is 1. The maximum Gasteiger partial charge on any atom is 0.407 e. The average Bonchev–Trinajstić information content (AvgIpc) is 3.27. The predicted molar refractivity (Wildman–Crippen MR) is 305 cm³/mol. The number of aromatic amines is 1. The molecule has 1 aromatic rings. The molecule has 1 aromatic heterocycles. The zero-order chi connectivity index (χ0) is 56.4. The summed E-state index contributed by atoms with van der Waals surface area (Å²) in [6.07, 6.45) is 7.45. The van der Waals surface area contributed by atoms with Crippen LogP contribution in [0.3, 0.4) is 0 Å². The molecule has 0 aliphatic carbocycles. The molecule has 1 rings (SSSR count). The van der Waals surface area contributed by atoms with E-state index in [1.165, 1.54) is 6.07 Å². The van der Waals surface area contributed by atoms with E-state index in [0.29, 0.717) is 50.9 Å². The Kier molecular flexibility index (Phi) is 29.6. The lowest BCUT2D eigenvalue weighted by molar-refractivity contribution is -0.138. The Hall–Kier alpha value is -4.26. The van der Waals surface area contributed by atoms with E-state index >= 15 is 0 Å². The number of nitrogens with one attached hydrogen (secondary N) is 8. The van der Waals surface area contributed by atoms with Crippen molar-refractivity contribution in [3.05, 3.63) is 34.8 Å². The Morgan fingerprint density at radius 3 is 1.95 bits per heavy atom. The summed E-state index contributed by atoms with van der Waals surface area (Å²) in [6, 6.07) is 3.63. The minimum absolute atomic E-state index is 0.0301. The molecule has 0 saturated heterocycles. The zero-order valence-corrected chi connectivity index (χ0v) is 51.6. The van der Waals surface area contributed by atoms with Crippen molar-refractivity contribution in [3.63, 3.8) is 0 Å². The SMILES string of the molecule is C=CC(=O)OCCOC(=O)NCC(C)(C)CC(C)CCNC(=O)NCCC[Si](C)(C)CC(CC)O[Si](C)(C)C(C)(CC)O[Si](C)(C)CCCNC(=O)NCCC(C)(C)CC(C)CNC(=O)Nc1nc(=O)cc(C)[nH]1. The highest BCUT2D eigenvalue weighted by molar-refractivity contribution is 6.78. The highest BCUT2D eigenvalue weighted by Gasteiger charge is 2.49. The Morgan fingerprint density at radius 2 is 1.35 bits per heavy atom. The normalized spacial score (nSPS) is 14.3. The molecular weight excluding hydrogens is 995 g/mol. The van der Waals surface area contributed by atoms with Crippen molar-refractivity contribution in [2.24, 2.45) is 22.7 Å². The van der Waals surface area contributed by atoms with Gasteiger partial charge in [0.1, 0.15) is 13.2 Å². The topological polar surface area (TPSA) is 252 Å². The molecule has 0 aliphatic heterocycles. The van der Waals surface area contributed by atoms with Crippen LogP contribution >= 0.6 is 0 Å². The number of aryl methyl sites for hydroxylation is 1. The van der Waals surface area contributed by atoms with Crippen LogP contribution in [-0.4, -0.2) is 129 Å². The summed E-state index contributed by atoms with van der Waals surface area (Å²) >= 11 is 0. The number of hydrogen-bond acceptors (Lipinski definition) is 11. The lowest BCUT2D eigenvalue weighted by Gasteiger charge is -2.48. The largest absolute Gasteiger partial charge is 0.459 e. The van der Waals surface area contributed by atoms with Crippen LogP contribution in [0.4, 0.5) is 25.1 Å². The van der Waals surface area contributed by atoms with Gasteiger partial charge in [0, 0.05) is 71.3 Å². The highest BCUT2D eigenvalue weighted by atomic mass is 28.4. The third kappa shape index (κ3) is 29.7. The number of H-pyrrole nitrogens is 1. The quantitative estimate of drug-likeness (QED) is 0.0136. The third-order valence-electron chi connectivity index (χ3n) is 13.7. The Balaban J connectivity index is 2.45. The molecule has 19 nitrogen and oxygen atoms in total. The fourth-order valence-electron chi connectivity index (χ4n) is 9.36. The number of rotatable bonds is 36. The second kappa shape index (κ2) is 32.4. The van der Waals surface area contributed by atoms with Gasteiger partial charge in [0.05, 0.1) is 5.22 Å². The number of esters is 1. The van der Waals surface area contributed by atoms with Gasteiger partial charge in [-0.2, -0.15) is 4.98 Å². The van der Waals surface area contributed by atoms with Gasteiger partial charge in [0.25, 0.3) is 5.56 Å². The van der Waals surface area contributed by atoms with Crippen LogP contribution in [0.15, 0.2) is 23.5 Å². The zero-order valence-electron chi connectivity index (χ0n) is 48.6. The van der Waals surface area contributed by atoms with Crippen molar-refractivity contribution in [1.82, 2.24) is 41.9 Å². The third-order valence-corrected chi connectivity index (χ3v) is 23.6. The van der Waals surface area contributed by atoms with E-state index in [9.17, 15) is 28.8 Å². The number of carbonyl (C=O) groups is 5. The van der Waals surface area contributed by atoms with Gasteiger partial charge >= 0.3 is 30.2 Å². The van der Waals surface area contributed by atoms with Crippen LogP contribution in [0.5, 0.6) is 0 Å². The number of aromatic nitrogens is 2. The summed E-state index contributed by atoms with van der Waals surface area (Å²) in [5, 5.41) is 19.9. The van der Waals surface area contributed by atoms with Crippen LogP contribution in [0.2, 0.25) is 57.4 Å². The molecule has 1 heterocycles. The van der Waals surface area contributed by atoms with Crippen molar-refractivity contribution in [2.45, 2.75) is 189 Å². The monoisotopic (exact) mass is 1100 g/mol. The molecule has 4 unspecified atom stereocenters. The molecule has 74 heavy (non-hydrogen) atoms. The Bertz CT molecular complexity index is 1970. The lowest BCUT2D eigenvalue weighted by atomic mass is 9.80. The minimum atomic E-state index is -2.37. The lowest BCUT2D eigenvalue weighted by Crippen LogP contribution is -2.61. The number of ether oxygens (including phenoxy) is 2. The molecular formula is C52H101N9O10Si3. The van der Waals surface area contributed by atoms with Gasteiger partial charge in [0.15, 0.2) is 8.32 Å². The van der Waals surface area contributed by atoms with Crippen molar-refractivity contribution in [3.8, 4) is 0 Å². The van der Waals surface area contributed by atoms with Crippen LogP contribution in [0, 0.1) is 29.6 Å². The van der Waals surface area contributed by atoms with E-state index in [2.05, 4.69) is 155 Å². The van der Waals surface area contributed by atoms with Crippen LogP contribution in [0.1, 0.15) is 119 Å². The first-order chi connectivity index (χ1) is 34.3. The summed E-state index contributed by atoms with van der Waals surface area (Å²) in [5.74, 6) is 0.0424. The fraction of sp³-hybridized carbons (Fsp3) is 0.788. The number of anilines is 1. The molecule has 0 radical (unpaired) electrons. The second-order valence-corrected chi connectivity index (χ2v) is 37.8. The molecule has 0 spiro atoms. The summed E-state index contributed by atoms with van der Waals surface area (Å²) in [4.78, 5) is 79.2. The molecule has 22 heteroatoms. The van der Waals surface area contributed by atoms with Crippen molar-refractivity contribution < 1.29 is 42.3 Å².